The number of aromatic nitrogens is 1. The maximum absolute atomic E-state index is 13.0. The van der Waals surface area contributed by atoms with Gasteiger partial charge in [-0.3, -0.25) is 4.79 Å². The number of nitrogens with zero attached hydrogens (tertiary/aromatic N) is 2. The van der Waals surface area contributed by atoms with Gasteiger partial charge in [0.25, 0.3) is 5.91 Å². The zero-order valence-corrected chi connectivity index (χ0v) is 19.1. The maximum Gasteiger partial charge on any atom is 0.252 e. The van der Waals surface area contributed by atoms with Crippen LogP contribution >= 0.6 is 0 Å². The molecule has 2 heterocycles. The van der Waals surface area contributed by atoms with Gasteiger partial charge in [-0.1, -0.05) is 47.7 Å². The van der Waals surface area contributed by atoms with E-state index in [4.69, 9.17) is 5.53 Å². The first-order chi connectivity index (χ1) is 16.6. The Morgan fingerprint density at radius 2 is 2.00 bits per heavy atom. The largest absolute Gasteiger partial charge is 0.396 e. The minimum absolute atomic E-state index is 0.0331. The summed E-state index contributed by atoms with van der Waals surface area (Å²) in [5, 5.41) is 17.3. The zero-order valence-electron chi connectivity index (χ0n) is 19.1. The van der Waals surface area contributed by atoms with Crippen molar-refractivity contribution in [3.8, 4) is 11.1 Å². The molecule has 1 amide bonds. The SMILES string of the molecule is C/C=C/c1ccc2c(c1)c1c3c(c4c(c1n2CCCO)Cc1ccccc1-4)C(=O)NC3.N=NN. The summed E-state index contributed by atoms with van der Waals surface area (Å²) in [6.45, 7) is 3.50. The van der Waals surface area contributed by atoms with Crippen LogP contribution < -0.4 is 11.2 Å². The van der Waals surface area contributed by atoms with E-state index in [1.807, 2.05) is 6.92 Å². The third-order valence-electron chi connectivity index (χ3n) is 6.73. The molecule has 1 aromatic heterocycles. The number of rotatable bonds is 4. The van der Waals surface area contributed by atoms with E-state index in [-0.39, 0.29) is 12.5 Å². The van der Waals surface area contributed by atoms with Gasteiger partial charge in [-0.25, -0.2) is 0 Å². The molecule has 1 aliphatic carbocycles. The van der Waals surface area contributed by atoms with Crippen molar-refractivity contribution >= 4 is 33.8 Å². The van der Waals surface area contributed by atoms with Crippen LogP contribution in [0.3, 0.4) is 0 Å². The van der Waals surface area contributed by atoms with Crippen LogP contribution in [-0.4, -0.2) is 22.2 Å². The van der Waals surface area contributed by atoms with Gasteiger partial charge >= 0.3 is 0 Å². The lowest BCUT2D eigenvalue weighted by atomic mass is 9.92. The molecule has 172 valence electrons. The number of nitrogens with two attached hydrogens (primary N) is 1. The van der Waals surface area contributed by atoms with Crippen molar-refractivity contribution < 1.29 is 9.90 Å². The molecule has 0 radical (unpaired) electrons. The molecular formula is C27H27N5O2. The summed E-state index contributed by atoms with van der Waals surface area (Å²) < 4.78 is 2.37. The van der Waals surface area contributed by atoms with Gasteiger partial charge in [-0.05, 0) is 53.3 Å². The first-order valence-corrected chi connectivity index (χ1v) is 11.4. The second-order valence-corrected chi connectivity index (χ2v) is 8.58. The monoisotopic (exact) mass is 453 g/mol. The lowest BCUT2D eigenvalue weighted by molar-refractivity contribution is 0.0966. The molecule has 1 aliphatic heterocycles. The van der Waals surface area contributed by atoms with Crippen molar-refractivity contribution in [1.29, 1.82) is 5.53 Å². The van der Waals surface area contributed by atoms with Crippen LogP contribution in [0.4, 0.5) is 0 Å². The first-order valence-electron chi connectivity index (χ1n) is 11.4. The molecule has 0 spiro atoms. The summed E-state index contributed by atoms with van der Waals surface area (Å²) in [7, 11) is 0. The van der Waals surface area contributed by atoms with Crippen LogP contribution in [0, 0.1) is 5.53 Å². The fraction of sp³-hybridized carbons (Fsp3) is 0.222. The number of nitrogens with one attached hydrogen (secondary N) is 2. The molecule has 0 saturated heterocycles. The lowest BCUT2D eigenvalue weighted by Crippen LogP contribution is -2.13. The van der Waals surface area contributed by atoms with Crippen LogP contribution in [0.5, 0.6) is 0 Å². The maximum atomic E-state index is 13.0. The summed E-state index contributed by atoms with van der Waals surface area (Å²) in [6.07, 6.45) is 5.70. The number of aliphatic hydroxyl groups is 1. The van der Waals surface area contributed by atoms with Crippen LogP contribution in [0.15, 0.2) is 53.8 Å². The third kappa shape index (κ3) is 3.20. The Labute approximate surface area is 197 Å². The highest BCUT2D eigenvalue weighted by Crippen LogP contribution is 2.48. The molecule has 0 saturated carbocycles. The van der Waals surface area contributed by atoms with E-state index in [9.17, 15) is 9.90 Å². The number of aliphatic hydroxyl groups excluding tert-OH is 1. The standard InChI is InChI=1S/C27H24N2O2.H3N3/c1-2-6-16-9-10-22-19(13-16)24-21-15-28-27(31)25(21)23-18-8-4-3-7-17(18)14-20(23)26(24)29(22)11-5-12-30;1-3-2/h2-4,6-10,13,30H,5,11-12,14-15H2,1H3,(H,28,31);(H3,1,2)/b6-2+;. The highest BCUT2D eigenvalue weighted by molar-refractivity contribution is 6.20. The second-order valence-electron chi connectivity index (χ2n) is 8.58. The van der Waals surface area contributed by atoms with E-state index in [2.05, 4.69) is 75.6 Å². The average molecular weight is 454 g/mol. The van der Waals surface area contributed by atoms with E-state index in [1.54, 1.807) is 0 Å². The average Bonchev–Trinajstić information content (AvgIpc) is 3.50. The molecule has 7 heteroatoms. The van der Waals surface area contributed by atoms with E-state index in [1.165, 1.54) is 38.5 Å². The summed E-state index contributed by atoms with van der Waals surface area (Å²) in [6, 6.07) is 15.0. The molecule has 5 N–H and O–H groups in total. The molecule has 2 aliphatic rings. The summed E-state index contributed by atoms with van der Waals surface area (Å²) in [5.74, 6) is 4.17. The summed E-state index contributed by atoms with van der Waals surface area (Å²) in [4.78, 5) is 13.0. The number of fused-ring (bicyclic) bond motifs is 10. The first kappa shape index (κ1) is 21.9. The second kappa shape index (κ2) is 8.76. The fourth-order valence-corrected chi connectivity index (χ4v) is 5.56. The normalized spacial score (nSPS) is 13.5. The van der Waals surface area contributed by atoms with Gasteiger partial charge in [-0.15, -0.1) is 0 Å². The number of carbonyl (C=O) groups is 1. The lowest BCUT2D eigenvalue weighted by Gasteiger charge is -2.13. The van der Waals surface area contributed by atoms with Crippen LogP contribution in [0.25, 0.3) is 39.0 Å². The van der Waals surface area contributed by atoms with E-state index in [0.29, 0.717) is 13.0 Å². The number of aryl methyl sites for hydroxylation is 1. The Balaban J connectivity index is 0.000000764. The Bertz CT molecular complexity index is 1480. The quantitative estimate of drug-likeness (QED) is 0.176. The van der Waals surface area contributed by atoms with Crippen molar-refractivity contribution in [1.82, 2.24) is 9.88 Å². The van der Waals surface area contributed by atoms with Crippen molar-refractivity contribution in [2.45, 2.75) is 32.9 Å². The number of benzene rings is 3. The van der Waals surface area contributed by atoms with Gasteiger partial charge in [0.1, 0.15) is 0 Å². The van der Waals surface area contributed by atoms with Gasteiger partial charge in [0.15, 0.2) is 0 Å². The molecule has 3 aromatic carbocycles. The number of amides is 1. The van der Waals surface area contributed by atoms with Crippen molar-refractivity contribution in [3.05, 3.63) is 76.4 Å². The fourth-order valence-electron chi connectivity index (χ4n) is 5.56. The van der Waals surface area contributed by atoms with Crippen LogP contribution in [-0.2, 0) is 19.5 Å². The van der Waals surface area contributed by atoms with Gasteiger partial charge < -0.3 is 20.8 Å². The topological polar surface area (TPSA) is 116 Å². The minimum Gasteiger partial charge on any atom is -0.396 e. The number of hydrogen-bond acceptors (Lipinski definition) is 4. The Morgan fingerprint density at radius 1 is 1.21 bits per heavy atom. The molecular weight excluding hydrogens is 426 g/mol. The Morgan fingerprint density at radius 3 is 2.76 bits per heavy atom. The smallest absolute Gasteiger partial charge is 0.252 e. The number of hydrogen-bond donors (Lipinski definition) is 4. The van der Waals surface area contributed by atoms with Gasteiger partial charge in [0.05, 0.1) is 11.1 Å². The highest BCUT2D eigenvalue weighted by Gasteiger charge is 2.35. The molecule has 0 unspecified atom stereocenters. The summed E-state index contributed by atoms with van der Waals surface area (Å²) >= 11 is 0. The van der Waals surface area contributed by atoms with Gasteiger partial charge in [0, 0.05) is 48.0 Å². The van der Waals surface area contributed by atoms with Crippen molar-refractivity contribution in [2.24, 2.45) is 11.1 Å². The molecule has 0 fully saturated rings. The predicted octanol–water partition coefficient (Wildman–Crippen LogP) is 4.92. The predicted molar refractivity (Wildman–Crippen MR) is 135 cm³/mol. The Hall–Kier alpha value is -3.97. The molecule has 34 heavy (non-hydrogen) atoms. The zero-order chi connectivity index (χ0) is 23.8. The molecule has 0 bridgehead atoms. The summed E-state index contributed by atoms with van der Waals surface area (Å²) in [5.41, 5.74) is 15.9. The van der Waals surface area contributed by atoms with E-state index >= 15 is 0 Å². The van der Waals surface area contributed by atoms with E-state index in [0.717, 1.165) is 35.2 Å². The molecule has 6 rings (SSSR count). The van der Waals surface area contributed by atoms with Gasteiger partial charge in [0.2, 0.25) is 0 Å². The molecule has 4 aromatic rings. The van der Waals surface area contributed by atoms with Gasteiger partial charge in [-0.2, -0.15) is 5.53 Å². The van der Waals surface area contributed by atoms with Crippen LogP contribution in [0.2, 0.25) is 0 Å². The van der Waals surface area contributed by atoms with E-state index < -0.39 is 0 Å². The van der Waals surface area contributed by atoms with Crippen LogP contribution in [0.1, 0.15) is 46.0 Å². The molecule has 0 atom stereocenters. The molecule has 7 nitrogen and oxygen atoms in total. The number of carbonyl (C=O) groups excluding carboxylic acids is 1. The van der Waals surface area contributed by atoms with Crippen molar-refractivity contribution in [2.75, 3.05) is 6.61 Å². The minimum atomic E-state index is 0.0331. The number of allylic oxidation sites excluding steroid dienone is 1. The third-order valence-corrected chi connectivity index (χ3v) is 6.73. The van der Waals surface area contributed by atoms with Crippen molar-refractivity contribution in [3.63, 3.8) is 0 Å². The highest BCUT2D eigenvalue weighted by atomic mass is 16.3. The Kier molecular flexibility index (Phi) is 5.63.